The molecule has 0 radical (unpaired) electrons. The fourth-order valence-electron chi connectivity index (χ4n) is 11.0. The molecule has 5 rings (SSSR count). The van der Waals surface area contributed by atoms with Crippen LogP contribution in [0.25, 0.3) is 0 Å². The first kappa shape index (κ1) is 27.7. The first-order valence-electron chi connectivity index (χ1n) is 15.0. The molecule has 4 saturated carbocycles. The molecule has 8 atom stereocenters. The molecule has 4 nitrogen and oxygen atoms in total. The third-order valence-corrected chi connectivity index (χ3v) is 12.9. The summed E-state index contributed by atoms with van der Waals surface area (Å²) in [5, 5.41) is 0. The maximum Gasteiger partial charge on any atom is 0.302 e. The Morgan fingerprint density at radius 2 is 1.58 bits per heavy atom. The highest BCUT2D eigenvalue weighted by atomic mass is 16.5. The van der Waals surface area contributed by atoms with E-state index in [1.165, 1.54) is 43.8 Å². The van der Waals surface area contributed by atoms with Gasteiger partial charge in [0, 0.05) is 24.7 Å². The molecule has 0 heterocycles. The minimum atomic E-state index is -0.196. The first-order valence-corrected chi connectivity index (χ1v) is 15.0. The molecule has 5 aliphatic rings. The minimum absolute atomic E-state index is 0.0128. The van der Waals surface area contributed by atoms with E-state index in [1.54, 1.807) is 6.92 Å². The highest BCUT2D eigenvalue weighted by Gasteiger charge is 2.69. The van der Waals surface area contributed by atoms with Gasteiger partial charge in [-0.25, -0.2) is 0 Å². The van der Waals surface area contributed by atoms with E-state index < -0.39 is 0 Å². The van der Waals surface area contributed by atoms with Crippen molar-refractivity contribution in [2.24, 2.45) is 44.8 Å². The van der Waals surface area contributed by atoms with Crippen LogP contribution in [0.4, 0.5) is 0 Å². The molecule has 0 aliphatic heterocycles. The van der Waals surface area contributed by atoms with Gasteiger partial charge in [0.05, 0.1) is 0 Å². The van der Waals surface area contributed by atoms with Crippen molar-refractivity contribution in [1.82, 2.24) is 0 Å². The molecule has 4 fully saturated rings. The summed E-state index contributed by atoms with van der Waals surface area (Å²) < 4.78 is 11.6. The Morgan fingerprint density at radius 1 is 0.868 bits per heavy atom. The van der Waals surface area contributed by atoms with Crippen LogP contribution in [0.1, 0.15) is 107 Å². The molecule has 0 saturated heterocycles. The van der Waals surface area contributed by atoms with Gasteiger partial charge in [0.2, 0.25) is 0 Å². The van der Waals surface area contributed by atoms with Crippen LogP contribution in [0.15, 0.2) is 35.5 Å². The topological polar surface area (TPSA) is 52.6 Å². The smallest absolute Gasteiger partial charge is 0.302 e. The summed E-state index contributed by atoms with van der Waals surface area (Å²) in [7, 11) is 0. The molecule has 210 valence electrons. The zero-order valence-corrected chi connectivity index (χ0v) is 25.2. The number of allylic oxidation sites excluding steroid dienone is 3. The van der Waals surface area contributed by atoms with E-state index in [1.807, 2.05) is 0 Å². The monoisotopic (exact) mass is 522 g/mol. The number of carbonyl (C=O) groups is 2. The fourth-order valence-corrected chi connectivity index (χ4v) is 11.0. The van der Waals surface area contributed by atoms with Crippen LogP contribution < -0.4 is 0 Å². The zero-order valence-electron chi connectivity index (χ0n) is 25.2. The van der Waals surface area contributed by atoms with Crippen LogP contribution in [0.5, 0.6) is 0 Å². The standard InChI is InChI=1S/C34H50O4/c1-21(2)24-12-17-34(20-37-22(3)35)19-18-32(8)25(29(24)34)10-11-27-31(7)15-14-28(38-23(4)36)30(5,6)26(31)13-16-33(27,32)9/h12,17,25-28H,1,10-11,13-16,18-20H2,2-9H3/t25?,26?,27?,28-,31-,32+,33+,34+/m0/s1. The highest BCUT2D eigenvalue weighted by molar-refractivity contribution is 5.66. The van der Waals surface area contributed by atoms with Crippen LogP contribution in [0.2, 0.25) is 0 Å². The van der Waals surface area contributed by atoms with E-state index in [2.05, 4.69) is 60.3 Å². The van der Waals surface area contributed by atoms with Crippen LogP contribution in [0, 0.1) is 44.8 Å². The minimum Gasteiger partial charge on any atom is -0.465 e. The predicted octanol–water partition coefficient (Wildman–Crippen LogP) is 7.98. The van der Waals surface area contributed by atoms with Crippen molar-refractivity contribution >= 4 is 11.9 Å². The first-order chi connectivity index (χ1) is 17.6. The lowest BCUT2D eigenvalue weighted by molar-refractivity contribution is -0.232. The SMILES string of the molecule is C=C(C)C1=C2C3CCC4[C@@]5(C)CC[C@H](OC(C)=O)C(C)(C)C5CC[C@@]4(C)[C@]3(C)CC[C@@]2(COC(C)=O)C=C1. The van der Waals surface area contributed by atoms with Gasteiger partial charge in [0.25, 0.3) is 0 Å². The van der Waals surface area contributed by atoms with Crippen LogP contribution in [-0.2, 0) is 19.1 Å². The van der Waals surface area contributed by atoms with Crippen molar-refractivity contribution in [1.29, 1.82) is 0 Å². The Hall–Kier alpha value is -1.84. The summed E-state index contributed by atoms with van der Waals surface area (Å²) in [5.41, 5.74) is 4.39. The Balaban J connectivity index is 1.52. The summed E-state index contributed by atoms with van der Waals surface area (Å²) in [6.45, 7) is 22.5. The second-order valence-corrected chi connectivity index (χ2v) is 15.0. The molecule has 0 bridgehead atoms. The van der Waals surface area contributed by atoms with E-state index in [4.69, 9.17) is 9.47 Å². The van der Waals surface area contributed by atoms with Crippen LogP contribution >= 0.6 is 0 Å². The maximum atomic E-state index is 11.9. The number of esters is 2. The molecule has 0 N–H and O–H groups in total. The molecular formula is C34H50O4. The summed E-state index contributed by atoms with van der Waals surface area (Å²) in [4.78, 5) is 23.8. The Labute approximate surface area is 230 Å². The van der Waals surface area contributed by atoms with Crippen molar-refractivity contribution in [2.75, 3.05) is 6.61 Å². The number of rotatable bonds is 4. The number of ether oxygens (including phenoxy) is 2. The average molecular weight is 523 g/mol. The van der Waals surface area contributed by atoms with Gasteiger partial charge in [-0.2, -0.15) is 0 Å². The van der Waals surface area contributed by atoms with Gasteiger partial charge in [-0.1, -0.05) is 58.9 Å². The zero-order chi connectivity index (χ0) is 27.9. The van der Waals surface area contributed by atoms with E-state index in [0.29, 0.717) is 24.4 Å². The quantitative estimate of drug-likeness (QED) is 0.351. The van der Waals surface area contributed by atoms with Crippen molar-refractivity contribution < 1.29 is 19.1 Å². The van der Waals surface area contributed by atoms with Crippen LogP contribution in [0.3, 0.4) is 0 Å². The Kier molecular flexibility index (Phi) is 6.44. The van der Waals surface area contributed by atoms with Gasteiger partial charge < -0.3 is 9.47 Å². The number of hydrogen-bond donors (Lipinski definition) is 0. The van der Waals surface area contributed by atoms with Gasteiger partial charge in [-0.3, -0.25) is 9.59 Å². The second-order valence-electron chi connectivity index (χ2n) is 15.0. The van der Waals surface area contributed by atoms with E-state index in [-0.39, 0.29) is 45.1 Å². The number of carbonyl (C=O) groups excluding carboxylic acids is 2. The molecule has 4 heteroatoms. The molecule has 0 aromatic heterocycles. The molecule has 0 aromatic rings. The average Bonchev–Trinajstić information content (AvgIpc) is 3.20. The van der Waals surface area contributed by atoms with Gasteiger partial charge in [-0.05, 0) is 103 Å². The van der Waals surface area contributed by atoms with Gasteiger partial charge in [-0.15, -0.1) is 0 Å². The highest BCUT2D eigenvalue weighted by Crippen LogP contribution is 2.76. The van der Waals surface area contributed by atoms with E-state index in [9.17, 15) is 9.59 Å². The van der Waals surface area contributed by atoms with Crippen LogP contribution in [-0.4, -0.2) is 24.6 Å². The second kappa shape index (κ2) is 8.83. The Morgan fingerprint density at radius 3 is 2.21 bits per heavy atom. The third kappa shape index (κ3) is 3.67. The van der Waals surface area contributed by atoms with Gasteiger partial charge in [0.1, 0.15) is 12.7 Å². The lowest BCUT2D eigenvalue weighted by Gasteiger charge is -2.72. The van der Waals surface area contributed by atoms with Crippen molar-refractivity contribution in [2.45, 2.75) is 113 Å². The maximum absolute atomic E-state index is 11.9. The summed E-state index contributed by atoms with van der Waals surface area (Å²) >= 11 is 0. The fraction of sp³-hybridized carbons (Fsp3) is 0.765. The van der Waals surface area contributed by atoms with E-state index in [0.717, 1.165) is 31.3 Å². The van der Waals surface area contributed by atoms with Gasteiger partial charge >= 0.3 is 11.9 Å². The summed E-state index contributed by atoms with van der Waals surface area (Å²) in [6.07, 6.45) is 13.7. The third-order valence-electron chi connectivity index (χ3n) is 12.9. The number of hydrogen-bond acceptors (Lipinski definition) is 4. The van der Waals surface area contributed by atoms with Crippen molar-refractivity contribution in [3.05, 3.63) is 35.5 Å². The summed E-state index contributed by atoms with van der Waals surface area (Å²) in [5.74, 6) is 1.33. The molecular weight excluding hydrogens is 472 g/mol. The van der Waals surface area contributed by atoms with Gasteiger partial charge in [0.15, 0.2) is 0 Å². The van der Waals surface area contributed by atoms with E-state index >= 15 is 0 Å². The predicted molar refractivity (Wildman–Crippen MR) is 151 cm³/mol. The lowest BCUT2D eigenvalue weighted by atomic mass is 9.33. The molecule has 3 unspecified atom stereocenters. The largest absolute Gasteiger partial charge is 0.465 e. The summed E-state index contributed by atoms with van der Waals surface area (Å²) in [6, 6.07) is 0. The lowest BCUT2D eigenvalue weighted by Crippen LogP contribution is -2.66. The molecule has 0 spiro atoms. The molecule has 38 heavy (non-hydrogen) atoms. The Bertz CT molecular complexity index is 1110. The van der Waals surface area contributed by atoms with Crippen molar-refractivity contribution in [3.63, 3.8) is 0 Å². The number of fused-ring (bicyclic) bond motifs is 7. The van der Waals surface area contributed by atoms with Crippen molar-refractivity contribution in [3.8, 4) is 0 Å². The molecule has 0 amide bonds. The molecule has 5 aliphatic carbocycles. The molecule has 0 aromatic carbocycles. The normalized spacial score (nSPS) is 44.8.